The fourth-order valence-corrected chi connectivity index (χ4v) is 10.0. The Hall–Kier alpha value is -1.39. The Morgan fingerprint density at radius 2 is 1.89 bits per heavy atom. The zero-order chi connectivity index (χ0) is 24.5. The third kappa shape index (κ3) is 3.72. The minimum absolute atomic E-state index is 0.0446. The highest BCUT2D eigenvalue weighted by atomic mass is 16.3. The van der Waals surface area contributed by atoms with Gasteiger partial charge < -0.3 is 15.2 Å². The van der Waals surface area contributed by atoms with E-state index in [4.69, 9.17) is 4.98 Å². The lowest BCUT2D eigenvalue weighted by Gasteiger charge is -2.62. The lowest BCUT2D eigenvalue weighted by molar-refractivity contribution is -0.174. The average molecular weight is 479 g/mol. The highest BCUT2D eigenvalue weighted by Crippen LogP contribution is 2.68. The third-order valence-electron chi connectivity index (χ3n) is 12.0. The molecule has 4 aliphatic rings. The van der Waals surface area contributed by atoms with Crippen LogP contribution in [-0.4, -0.2) is 32.4 Å². The van der Waals surface area contributed by atoms with Gasteiger partial charge in [-0.1, -0.05) is 26.8 Å². The van der Waals surface area contributed by atoms with Gasteiger partial charge >= 0.3 is 0 Å². The van der Waals surface area contributed by atoms with E-state index in [1.807, 2.05) is 0 Å². The number of hydrogen-bond acceptors (Lipinski definition) is 3. The van der Waals surface area contributed by atoms with Gasteiger partial charge in [0, 0.05) is 6.42 Å². The fourth-order valence-electron chi connectivity index (χ4n) is 10.0. The third-order valence-corrected chi connectivity index (χ3v) is 12.0. The Kier molecular flexibility index (Phi) is 5.88. The highest BCUT2D eigenvalue weighted by molar-refractivity contribution is 5.75. The first-order valence-corrected chi connectivity index (χ1v) is 14.5. The van der Waals surface area contributed by atoms with Crippen LogP contribution >= 0.6 is 0 Å². The second-order valence-electron chi connectivity index (χ2n) is 13.6. The largest absolute Gasteiger partial charge is 0.393 e. The molecule has 1 aromatic carbocycles. The zero-order valence-corrected chi connectivity index (χ0v) is 22.3. The van der Waals surface area contributed by atoms with Crippen molar-refractivity contribution in [2.24, 2.45) is 46.3 Å². The van der Waals surface area contributed by atoms with Crippen molar-refractivity contribution in [1.29, 1.82) is 0 Å². The zero-order valence-electron chi connectivity index (χ0n) is 22.3. The van der Waals surface area contributed by atoms with Crippen LogP contribution < -0.4 is 0 Å². The summed E-state index contributed by atoms with van der Waals surface area (Å²) in [5, 5.41) is 22.1. The predicted molar refractivity (Wildman–Crippen MR) is 141 cm³/mol. The number of fused-ring (bicyclic) bond motifs is 6. The lowest BCUT2D eigenvalue weighted by atomic mass is 9.43. The number of nitrogens with zero attached hydrogens (tertiary/aromatic N) is 1. The molecule has 4 saturated carbocycles. The molecule has 0 spiro atoms. The van der Waals surface area contributed by atoms with Gasteiger partial charge in [0.05, 0.1) is 23.2 Å². The normalized spacial score (nSPS) is 44.0. The number of benzene rings is 1. The van der Waals surface area contributed by atoms with E-state index < -0.39 is 0 Å². The van der Waals surface area contributed by atoms with Crippen LogP contribution in [0.1, 0.15) is 89.9 Å². The summed E-state index contributed by atoms with van der Waals surface area (Å²) in [7, 11) is 0. The number of hydrogen-bond donors (Lipinski definition) is 3. The maximum atomic E-state index is 11.8. The summed E-state index contributed by atoms with van der Waals surface area (Å²) < 4.78 is 0. The molecule has 0 saturated heterocycles. The molecule has 1 heterocycles. The van der Waals surface area contributed by atoms with Gasteiger partial charge in [0.15, 0.2) is 0 Å². The highest BCUT2D eigenvalue weighted by Gasteiger charge is 2.63. The van der Waals surface area contributed by atoms with E-state index in [1.165, 1.54) is 31.2 Å². The number of aromatic nitrogens is 2. The molecule has 6 rings (SSSR count). The predicted octanol–water partition coefficient (Wildman–Crippen LogP) is 6.43. The van der Waals surface area contributed by atoms with Crippen LogP contribution in [-0.2, 0) is 6.42 Å². The Morgan fingerprint density at radius 3 is 2.71 bits per heavy atom. The molecule has 35 heavy (non-hydrogen) atoms. The maximum absolute atomic E-state index is 11.8. The molecule has 0 aliphatic heterocycles. The summed E-state index contributed by atoms with van der Waals surface area (Å²) in [6.45, 7) is 9.53. The molecule has 0 bridgehead atoms. The Morgan fingerprint density at radius 1 is 1.06 bits per heavy atom. The molecule has 0 radical (unpaired) electrons. The van der Waals surface area contributed by atoms with Crippen LogP contribution in [0.4, 0.5) is 0 Å². The SMILES string of the molecule is Cc1ccc2nc(CCC(C)C3CCC4C5CCC6CC(O)CCC6(C)C5CC(O)C34C)[nH]c2c1. The van der Waals surface area contributed by atoms with Crippen molar-refractivity contribution in [2.45, 2.75) is 104 Å². The average Bonchev–Trinajstić information content (AvgIpc) is 3.40. The fraction of sp³-hybridized carbons (Fsp3) is 0.774. The molecule has 3 N–H and O–H groups in total. The first kappa shape index (κ1) is 24.0. The van der Waals surface area contributed by atoms with E-state index in [-0.39, 0.29) is 17.6 Å². The molecule has 10 atom stereocenters. The number of nitrogens with one attached hydrogen (secondary N) is 1. The van der Waals surface area contributed by atoms with Crippen LogP contribution in [0.5, 0.6) is 0 Å². The second-order valence-corrected chi connectivity index (χ2v) is 13.6. The van der Waals surface area contributed by atoms with E-state index in [2.05, 4.69) is 50.9 Å². The van der Waals surface area contributed by atoms with Gasteiger partial charge in [-0.25, -0.2) is 4.98 Å². The molecule has 10 unspecified atom stereocenters. The van der Waals surface area contributed by atoms with Crippen molar-refractivity contribution < 1.29 is 10.2 Å². The van der Waals surface area contributed by atoms with Crippen molar-refractivity contribution in [3.05, 3.63) is 29.6 Å². The van der Waals surface area contributed by atoms with Gasteiger partial charge in [-0.15, -0.1) is 0 Å². The topological polar surface area (TPSA) is 69.1 Å². The van der Waals surface area contributed by atoms with Crippen molar-refractivity contribution in [2.75, 3.05) is 0 Å². The quantitative estimate of drug-likeness (QED) is 0.474. The molecular weight excluding hydrogens is 432 g/mol. The van der Waals surface area contributed by atoms with E-state index in [9.17, 15) is 10.2 Å². The van der Waals surface area contributed by atoms with Crippen molar-refractivity contribution in [3.8, 4) is 0 Å². The van der Waals surface area contributed by atoms with Crippen LogP contribution in [0.3, 0.4) is 0 Å². The first-order chi connectivity index (χ1) is 16.7. The molecular formula is C31H46N2O2. The second kappa shape index (κ2) is 8.58. The van der Waals surface area contributed by atoms with Gasteiger partial charge in [0.2, 0.25) is 0 Å². The van der Waals surface area contributed by atoms with E-state index in [0.29, 0.717) is 35.0 Å². The molecule has 192 valence electrons. The molecule has 4 nitrogen and oxygen atoms in total. The van der Waals surface area contributed by atoms with Crippen LogP contribution in [0.25, 0.3) is 11.0 Å². The minimum atomic E-state index is -0.194. The summed E-state index contributed by atoms with van der Waals surface area (Å²) in [4.78, 5) is 8.40. The molecule has 4 heteroatoms. The van der Waals surface area contributed by atoms with Gasteiger partial charge in [0.25, 0.3) is 0 Å². The standard InChI is InChI=1S/C31H46N2O2/c1-18-5-11-26-27(15-18)33-29(32-26)12-6-19(2)23-9-10-24-22-8-7-20-16-21(34)13-14-30(20,3)25(22)17-28(35)31(23,24)4/h5,11,15,19-25,28,34-35H,6-10,12-14,16-17H2,1-4H3,(H,32,33). The maximum Gasteiger partial charge on any atom is 0.107 e. The summed E-state index contributed by atoms with van der Waals surface area (Å²) in [5.41, 5.74) is 3.84. The monoisotopic (exact) mass is 478 g/mol. The number of rotatable bonds is 4. The first-order valence-electron chi connectivity index (χ1n) is 14.5. The molecule has 2 aromatic rings. The summed E-state index contributed by atoms with van der Waals surface area (Å²) in [6, 6.07) is 6.44. The Balaban J connectivity index is 1.18. The van der Waals surface area contributed by atoms with Crippen LogP contribution in [0.15, 0.2) is 18.2 Å². The van der Waals surface area contributed by atoms with Crippen molar-refractivity contribution in [3.63, 3.8) is 0 Å². The Labute approximate surface area is 211 Å². The Bertz CT molecular complexity index is 1080. The van der Waals surface area contributed by atoms with E-state index in [0.717, 1.165) is 61.3 Å². The molecule has 0 amide bonds. The number of imidazole rings is 1. The van der Waals surface area contributed by atoms with Crippen LogP contribution in [0, 0.1) is 53.3 Å². The summed E-state index contributed by atoms with van der Waals surface area (Å²) in [6.07, 6.45) is 11.0. The summed E-state index contributed by atoms with van der Waals surface area (Å²) in [5.74, 6) is 4.98. The molecule has 4 aliphatic carbocycles. The van der Waals surface area contributed by atoms with Crippen molar-refractivity contribution in [1.82, 2.24) is 9.97 Å². The smallest absolute Gasteiger partial charge is 0.107 e. The number of aryl methyl sites for hydroxylation is 2. The van der Waals surface area contributed by atoms with Crippen molar-refractivity contribution >= 4 is 11.0 Å². The minimum Gasteiger partial charge on any atom is -0.393 e. The number of aliphatic hydroxyl groups is 2. The van der Waals surface area contributed by atoms with Gasteiger partial charge in [-0.3, -0.25) is 0 Å². The van der Waals surface area contributed by atoms with Gasteiger partial charge in [0.1, 0.15) is 5.82 Å². The van der Waals surface area contributed by atoms with Gasteiger partial charge in [-0.05, 0) is 129 Å². The van der Waals surface area contributed by atoms with E-state index >= 15 is 0 Å². The van der Waals surface area contributed by atoms with Crippen LogP contribution in [0.2, 0.25) is 0 Å². The molecule has 4 fully saturated rings. The van der Waals surface area contributed by atoms with E-state index in [1.54, 1.807) is 0 Å². The number of aromatic amines is 1. The van der Waals surface area contributed by atoms with Gasteiger partial charge in [-0.2, -0.15) is 0 Å². The number of aliphatic hydroxyl groups excluding tert-OH is 2. The number of H-pyrrole nitrogens is 1. The summed E-state index contributed by atoms with van der Waals surface area (Å²) >= 11 is 0. The lowest BCUT2D eigenvalue weighted by Crippen LogP contribution is -2.58. The molecule has 1 aromatic heterocycles.